The third kappa shape index (κ3) is 2.19. The van der Waals surface area contributed by atoms with E-state index in [1.54, 1.807) is 0 Å². The zero-order valence-corrected chi connectivity index (χ0v) is 7.78. The number of anilines is 2. The first-order valence-electron chi connectivity index (χ1n) is 3.93. The first-order valence-corrected chi connectivity index (χ1v) is 3.93. The van der Waals surface area contributed by atoms with Crippen LogP contribution in [0, 0.1) is 15.9 Å². The predicted molar refractivity (Wildman–Crippen MR) is 51.8 cm³/mol. The van der Waals surface area contributed by atoms with Gasteiger partial charge in [0.1, 0.15) is 17.2 Å². The fourth-order valence-electron chi connectivity index (χ4n) is 1.04. The first-order chi connectivity index (χ1) is 6.93. The van der Waals surface area contributed by atoms with Gasteiger partial charge in [0.25, 0.3) is 5.69 Å². The van der Waals surface area contributed by atoms with Gasteiger partial charge in [0.05, 0.1) is 4.92 Å². The van der Waals surface area contributed by atoms with E-state index in [1.165, 1.54) is 0 Å². The highest BCUT2D eigenvalue weighted by atomic mass is 19.1. The van der Waals surface area contributed by atoms with Crippen LogP contribution in [0.1, 0.15) is 6.92 Å². The average molecular weight is 213 g/mol. The minimum absolute atomic E-state index is 0.364. The molecule has 0 atom stereocenters. The summed E-state index contributed by atoms with van der Waals surface area (Å²) in [4.78, 5) is 20.4. The van der Waals surface area contributed by atoms with E-state index in [9.17, 15) is 19.3 Å². The molecule has 0 bridgehead atoms. The van der Waals surface area contributed by atoms with E-state index in [4.69, 9.17) is 5.73 Å². The first kappa shape index (κ1) is 10.9. The van der Waals surface area contributed by atoms with Crippen molar-refractivity contribution >= 4 is 23.0 Å². The molecule has 0 heterocycles. The molecule has 0 aliphatic heterocycles. The number of carbonyl (C=O) groups is 1. The summed E-state index contributed by atoms with van der Waals surface area (Å²) in [6.07, 6.45) is 0. The summed E-state index contributed by atoms with van der Waals surface area (Å²) >= 11 is 0. The van der Waals surface area contributed by atoms with Crippen molar-refractivity contribution in [2.75, 3.05) is 11.1 Å². The quantitative estimate of drug-likeness (QED) is 0.439. The van der Waals surface area contributed by atoms with Crippen LogP contribution in [-0.2, 0) is 4.79 Å². The highest BCUT2D eigenvalue weighted by Gasteiger charge is 2.18. The molecule has 80 valence electrons. The average Bonchev–Trinajstić information content (AvgIpc) is 2.11. The molecule has 0 aliphatic rings. The highest BCUT2D eigenvalue weighted by molar-refractivity contribution is 5.94. The lowest BCUT2D eigenvalue weighted by Crippen LogP contribution is -2.11. The topological polar surface area (TPSA) is 98.3 Å². The van der Waals surface area contributed by atoms with Crippen molar-refractivity contribution in [2.24, 2.45) is 0 Å². The van der Waals surface area contributed by atoms with Gasteiger partial charge in [-0.3, -0.25) is 14.9 Å². The molecule has 0 saturated heterocycles. The summed E-state index contributed by atoms with van der Waals surface area (Å²) in [6.45, 7) is 1.15. The molecule has 0 fully saturated rings. The Labute approximate surface area is 84.0 Å². The normalized spacial score (nSPS) is 9.73. The second-order valence-electron chi connectivity index (χ2n) is 2.79. The number of rotatable bonds is 2. The number of nitrogens with two attached hydrogens (primary N) is 1. The maximum atomic E-state index is 13.1. The van der Waals surface area contributed by atoms with Gasteiger partial charge in [-0.1, -0.05) is 0 Å². The number of nitrogens with zero attached hydrogens (tertiary/aromatic N) is 1. The summed E-state index contributed by atoms with van der Waals surface area (Å²) in [5, 5.41) is 12.6. The number of benzene rings is 1. The van der Waals surface area contributed by atoms with Crippen molar-refractivity contribution in [1.82, 2.24) is 0 Å². The molecule has 0 radical (unpaired) electrons. The van der Waals surface area contributed by atoms with Gasteiger partial charge in [0.2, 0.25) is 5.91 Å². The van der Waals surface area contributed by atoms with Crippen LogP contribution < -0.4 is 11.1 Å². The number of nitrogen functional groups attached to an aromatic ring is 1. The molecule has 6 nitrogen and oxygen atoms in total. The van der Waals surface area contributed by atoms with Gasteiger partial charge < -0.3 is 11.1 Å². The third-order valence-corrected chi connectivity index (χ3v) is 1.67. The number of halogens is 1. The molecule has 1 aromatic rings. The molecule has 1 rings (SSSR count). The van der Waals surface area contributed by atoms with Crippen LogP contribution in [0.5, 0.6) is 0 Å². The molecule has 3 N–H and O–H groups in total. The van der Waals surface area contributed by atoms with Gasteiger partial charge in [-0.25, -0.2) is 4.39 Å². The molecule has 1 aromatic carbocycles. The van der Waals surface area contributed by atoms with Gasteiger partial charge >= 0.3 is 0 Å². The summed E-state index contributed by atoms with van der Waals surface area (Å²) < 4.78 is 13.1. The molecule has 7 heteroatoms. The molecule has 0 aliphatic carbocycles. The fourth-order valence-corrected chi connectivity index (χ4v) is 1.04. The standard InChI is InChI=1S/C8H8FN3O3/c1-4(13)11-8-5(9)2-3-6(7(8)10)12(14)15/h2-3H,10H2,1H3,(H,11,13). The summed E-state index contributed by atoms with van der Waals surface area (Å²) in [6, 6.07) is 1.82. The zero-order valence-electron chi connectivity index (χ0n) is 7.78. The van der Waals surface area contributed by atoms with Crippen molar-refractivity contribution in [3.8, 4) is 0 Å². The number of carbonyl (C=O) groups excluding carboxylic acids is 1. The lowest BCUT2D eigenvalue weighted by atomic mass is 10.2. The van der Waals surface area contributed by atoms with Crippen LogP contribution in [0.4, 0.5) is 21.5 Å². The highest BCUT2D eigenvalue weighted by Crippen LogP contribution is 2.31. The molecular weight excluding hydrogens is 205 g/mol. The Kier molecular flexibility index (Phi) is 2.84. The predicted octanol–water partition coefficient (Wildman–Crippen LogP) is 1.27. The van der Waals surface area contributed by atoms with Gasteiger partial charge in [-0.2, -0.15) is 0 Å². The fraction of sp³-hybridized carbons (Fsp3) is 0.125. The van der Waals surface area contributed by atoms with Crippen molar-refractivity contribution in [3.63, 3.8) is 0 Å². The lowest BCUT2D eigenvalue weighted by Gasteiger charge is -2.07. The number of hydrogen-bond donors (Lipinski definition) is 2. The van der Waals surface area contributed by atoms with Crippen molar-refractivity contribution in [3.05, 3.63) is 28.1 Å². The van der Waals surface area contributed by atoms with Crippen LogP contribution in [0.3, 0.4) is 0 Å². The maximum absolute atomic E-state index is 13.1. The SMILES string of the molecule is CC(=O)Nc1c(F)ccc([N+](=O)[O-])c1N. The summed E-state index contributed by atoms with van der Waals surface area (Å²) in [5.74, 6) is -1.37. The van der Waals surface area contributed by atoms with Crippen molar-refractivity contribution in [2.45, 2.75) is 6.92 Å². The van der Waals surface area contributed by atoms with E-state index in [1.807, 2.05) is 0 Å². The Morgan fingerprint density at radius 3 is 2.67 bits per heavy atom. The molecule has 1 amide bonds. The molecule has 15 heavy (non-hydrogen) atoms. The zero-order chi connectivity index (χ0) is 11.6. The minimum atomic E-state index is -0.812. The third-order valence-electron chi connectivity index (χ3n) is 1.67. The molecule has 0 saturated carbocycles. The van der Waals surface area contributed by atoms with E-state index >= 15 is 0 Å². The number of nitro benzene ring substituents is 1. The van der Waals surface area contributed by atoms with E-state index in [0.717, 1.165) is 19.1 Å². The number of nitro groups is 1. The Morgan fingerprint density at radius 2 is 2.20 bits per heavy atom. The second kappa shape index (κ2) is 3.91. The number of nitrogens with one attached hydrogen (secondary N) is 1. The maximum Gasteiger partial charge on any atom is 0.294 e. The largest absolute Gasteiger partial charge is 0.391 e. The number of amides is 1. The number of hydrogen-bond acceptors (Lipinski definition) is 4. The molecular formula is C8H8FN3O3. The Hall–Kier alpha value is -2.18. The van der Waals surface area contributed by atoms with E-state index in [-0.39, 0.29) is 5.69 Å². The minimum Gasteiger partial charge on any atom is -0.391 e. The van der Waals surface area contributed by atoms with Gasteiger partial charge in [-0.05, 0) is 6.07 Å². The van der Waals surface area contributed by atoms with Crippen LogP contribution in [-0.4, -0.2) is 10.8 Å². The molecule has 0 aromatic heterocycles. The summed E-state index contributed by atoms with van der Waals surface area (Å²) in [7, 11) is 0. The Balaban J connectivity index is 3.29. The van der Waals surface area contributed by atoms with Crippen LogP contribution in [0.15, 0.2) is 12.1 Å². The Bertz CT molecular complexity index is 433. The van der Waals surface area contributed by atoms with E-state index < -0.39 is 28.0 Å². The van der Waals surface area contributed by atoms with Crippen LogP contribution in [0.2, 0.25) is 0 Å². The smallest absolute Gasteiger partial charge is 0.294 e. The van der Waals surface area contributed by atoms with Crippen LogP contribution in [0.25, 0.3) is 0 Å². The molecule has 0 unspecified atom stereocenters. The molecule has 0 spiro atoms. The van der Waals surface area contributed by atoms with Gasteiger partial charge in [0, 0.05) is 13.0 Å². The van der Waals surface area contributed by atoms with Crippen molar-refractivity contribution in [1.29, 1.82) is 0 Å². The Morgan fingerprint density at radius 1 is 1.60 bits per heavy atom. The van der Waals surface area contributed by atoms with Crippen molar-refractivity contribution < 1.29 is 14.1 Å². The second-order valence-corrected chi connectivity index (χ2v) is 2.79. The van der Waals surface area contributed by atoms with Gasteiger partial charge in [-0.15, -0.1) is 0 Å². The van der Waals surface area contributed by atoms with Gasteiger partial charge in [0.15, 0.2) is 0 Å². The lowest BCUT2D eigenvalue weighted by molar-refractivity contribution is -0.383. The summed E-state index contributed by atoms with van der Waals surface area (Å²) in [5.41, 5.74) is 4.14. The monoisotopic (exact) mass is 213 g/mol. The van der Waals surface area contributed by atoms with Crippen LogP contribution >= 0.6 is 0 Å². The van der Waals surface area contributed by atoms with E-state index in [2.05, 4.69) is 5.32 Å². The van der Waals surface area contributed by atoms with E-state index in [0.29, 0.717) is 0 Å².